The summed E-state index contributed by atoms with van der Waals surface area (Å²) < 4.78 is 5.52. The Balaban J connectivity index is 1.26. The minimum atomic E-state index is 0.0106. The number of ether oxygens (including phenoxy) is 1. The third-order valence-electron chi connectivity index (χ3n) is 6.68. The van der Waals surface area contributed by atoms with Crippen LogP contribution in [0, 0.1) is 0 Å². The van der Waals surface area contributed by atoms with E-state index in [1.807, 2.05) is 47.4 Å². The van der Waals surface area contributed by atoms with E-state index < -0.39 is 0 Å². The monoisotopic (exact) mass is 517 g/mol. The Morgan fingerprint density at radius 1 is 0.865 bits per heavy atom. The zero-order valence-electron chi connectivity index (χ0n) is 21.0. The van der Waals surface area contributed by atoms with Crippen molar-refractivity contribution in [3.8, 4) is 11.3 Å². The van der Waals surface area contributed by atoms with Gasteiger partial charge in [-0.1, -0.05) is 54.2 Å². The van der Waals surface area contributed by atoms with Gasteiger partial charge in [0.25, 0.3) is 5.91 Å². The Morgan fingerprint density at radius 3 is 2.22 bits per heavy atom. The number of hydrogen-bond acceptors (Lipinski definition) is 7. The molecule has 3 heterocycles. The standard InChI is InChI=1S/C28H31N5O3S/c1-21(34)31-11-13-33(14-12-31)27(35)24-9-7-22(8-10-24)20-37-28-29-25(23-5-3-2-4-6-23)19-26(30-28)32-15-17-36-18-16-32/h2-10,19H,11-18,20H2,1H3. The molecule has 2 aromatic carbocycles. The third kappa shape index (κ3) is 6.29. The first kappa shape index (κ1) is 25.2. The van der Waals surface area contributed by atoms with Gasteiger partial charge in [0, 0.05) is 69.1 Å². The van der Waals surface area contributed by atoms with Gasteiger partial charge in [-0.05, 0) is 17.7 Å². The first-order chi connectivity index (χ1) is 18.1. The Labute approximate surface area is 221 Å². The molecule has 8 nitrogen and oxygen atoms in total. The van der Waals surface area contributed by atoms with Crippen LogP contribution in [0.3, 0.4) is 0 Å². The van der Waals surface area contributed by atoms with Crippen LogP contribution in [0.4, 0.5) is 5.82 Å². The number of rotatable bonds is 6. The smallest absolute Gasteiger partial charge is 0.253 e. The highest BCUT2D eigenvalue weighted by Gasteiger charge is 2.23. The molecule has 3 aromatic rings. The van der Waals surface area contributed by atoms with Gasteiger partial charge >= 0.3 is 0 Å². The van der Waals surface area contributed by atoms with E-state index in [4.69, 9.17) is 14.7 Å². The van der Waals surface area contributed by atoms with Gasteiger partial charge in [0.2, 0.25) is 5.91 Å². The van der Waals surface area contributed by atoms with Crippen molar-refractivity contribution in [3.63, 3.8) is 0 Å². The van der Waals surface area contributed by atoms with Gasteiger partial charge in [-0.3, -0.25) is 9.59 Å². The summed E-state index contributed by atoms with van der Waals surface area (Å²) in [4.78, 5) is 40.0. The summed E-state index contributed by atoms with van der Waals surface area (Å²) >= 11 is 1.59. The van der Waals surface area contributed by atoms with E-state index in [-0.39, 0.29) is 11.8 Å². The highest BCUT2D eigenvalue weighted by atomic mass is 32.2. The maximum absolute atomic E-state index is 12.9. The molecule has 1 aromatic heterocycles. The van der Waals surface area contributed by atoms with E-state index in [1.54, 1.807) is 23.6 Å². The first-order valence-electron chi connectivity index (χ1n) is 12.6. The van der Waals surface area contributed by atoms with Crippen LogP contribution in [-0.2, 0) is 15.3 Å². The lowest BCUT2D eigenvalue weighted by Crippen LogP contribution is -2.50. The molecular formula is C28H31N5O3S. The Hall–Kier alpha value is -3.43. The average Bonchev–Trinajstić information content (AvgIpc) is 2.97. The van der Waals surface area contributed by atoms with Crippen molar-refractivity contribution in [3.05, 3.63) is 71.8 Å². The molecular weight excluding hydrogens is 486 g/mol. The summed E-state index contributed by atoms with van der Waals surface area (Å²) in [6.45, 7) is 6.90. The number of carbonyl (C=O) groups excluding carboxylic acids is 2. The van der Waals surface area contributed by atoms with Crippen LogP contribution < -0.4 is 4.90 Å². The second kappa shape index (κ2) is 11.7. The van der Waals surface area contributed by atoms with Gasteiger partial charge in [0.15, 0.2) is 5.16 Å². The summed E-state index contributed by atoms with van der Waals surface area (Å²) in [5.74, 6) is 1.69. The molecule has 2 aliphatic heterocycles. The summed E-state index contributed by atoms with van der Waals surface area (Å²) in [6, 6.07) is 20.0. The maximum Gasteiger partial charge on any atom is 0.253 e. The van der Waals surface area contributed by atoms with Gasteiger partial charge in [-0.25, -0.2) is 9.97 Å². The lowest BCUT2D eigenvalue weighted by atomic mass is 10.1. The van der Waals surface area contributed by atoms with Gasteiger partial charge < -0.3 is 19.4 Å². The normalized spacial score (nSPS) is 16.1. The van der Waals surface area contributed by atoms with Crippen molar-refractivity contribution in [2.45, 2.75) is 17.8 Å². The van der Waals surface area contributed by atoms with Crippen molar-refractivity contribution in [1.82, 2.24) is 19.8 Å². The predicted molar refractivity (Wildman–Crippen MR) is 145 cm³/mol. The van der Waals surface area contributed by atoms with Crippen LogP contribution in [0.25, 0.3) is 11.3 Å². The minimum Gasteiger partial charge on any atom is -0.378 e. The summed E-state index contributed by atoms with van der Waals surface area (Å²) in [5, 5.41) is 0.728. The lowest BCUT2D eigenvalue weighted by molar-refractivity contribution is -0.130. The summed E-state index contributed by atoms with van der Waals surface area (Å²) in [7, 11) is 0. The van der Waals surface area contributed by atoms with Crippen molar-refractivity contribution < 1.29 is 14.3 Å². The highest BCUT2D eigenvalue weighted by molar-refractivity contribution is 7.98. The number of morpholine rings is 1. The first-order valence-corrected chi connectivity index (χ1v) is 13.6. The summed E-state index contributed by atoms with van der Waals surface area (Å²) in [6.07, 6.45) is 0. The molecule has 5 rings (SSSR count). The quantitative estimate of drug-likeness (QED) is 0.365. The van der Waals surface area contributed by atoms with E-state index in [9.17, 15) is 9.59 Å². The van der Waals surface area contributed by atoms with Crippen molar-refractivity contribution in [2.24, 2.45) is 0 Å². The molecule has 2 amide bonds. The molecule has 0 atom stereocenters. The van der Waals surface area contributed by atoms with Crippen LogP contribution in [0.15, 0.2) is 65.8 Å². The van der Waals surface area contributed by atoms with Crippen LogP contribution in [0.5, 0.6) is 0 Å². The number of thioether (sulfide) groups is 1. The summed E-state index contributed by atoms with van der Waals surface area (Å²) in [5.41, 5.74) is 3.74. The van der Waals surface area contributed by atoms with Gasteiger partial charge in [0.1, 0.15) is 5.82 Å². The molecule has 2 aliphatic rings. The number of piperazine rings is 1. The highest BCUT2D eigenvalue weighted by Crippen LogP contribution is 2.28. The van der Waals surface area contributed by atoms with Crippen molar-refractivity contribution in [1.29, 1.82) is 0 Å². The Morgan fingerprint density at radius 2 is 1.54 bits per heavy atom. The molecule has 2 saturated heterocycles. The van der Waals surface area contributed by atoms with Crippen LogP contribution in [0.1, 0.15) is 22.8 Å². The fraction of sp³-hybridized carbons (Fsp3) is 0.357. The van der Waals surface area contributed by atoms with E-state index >= 15 is 0 Å². The molecule has 0 aliphatic carbocycles. The zero-order chi connectivity index (χ0) is 25.6. The second-order valence-electron chi connectivity index (χ2n) is 9.14. The lowest BCUT2D eigenvalue weighted by Gasteiger charge is -2.34. The van der Waals surface area contributed by atoms with E-state index in [0.717, 1.165) is 40.9 Å². The molecule has 192 valence electrons. The van der Waals surface area contributed by atoms with Crippen molar-refractivity contribution in [2.75, 3.05) is 57.4 Å². The van der Waals surface area contributed by atoms with Crippen LogP contribution in [-0.4, -0.2) is 84.1 Å². The second-order valence-corrected chi connectivity index (χ2v) is 10.1. The zero-order valence-corrected chi connectivity index (χ0v) is 21.8. The molecule has 37 heavy (non-hydrogen) atoms. The van der Waals surface area contributed by atoms with Crippen molar-refractivity contribution >= 4 is 29.4 Å². The van der Waals surface area contributed by atoms with Gasteiger partial charge in [-0.15, -0.1) is 0 Å². The third-order valence-corrected chi connectivity index (χ3v) is 7.60. The van der Waals surface area contributed by atoms with Gasteiger partial charge in [-0.2, -0.15) is 0 Å². The number of hydrogen-bond donors (Lipinski definition) is 0. The average molecular weight is 518 g/mol. The maximum atomic E-state index is 12.9. The van der Waals surface area contributed by atoms with Gasteiger partial charge in [0.05, 0.1) is 18.9 Å². The predicted octanol–water partition coefficient (Wildman–Crippen LogP) is 3.58. The molecule has 2 fully saturated rings. The molecule has 0 bridgehead atoms. The fourth-order valence-corrected chi connectivity index (χ4v) is 5.30. The van der Waals surface area contributed by atoms with E-state index in [0.29, 0.717) is 50.7 Å². The number of benzene rings is 2. The Bertz CT molecular complexity index is 1220. The fourth-order valence-electron chi connectivity index (χ4n) is 4.49. The molecule has 0 radical (unpaired) electrons. The number of amides is 2. The number of carbonyl (C=O) groups is 2. The molecule has 0 spiro atoms. The van der Waals surface area contributed by atoms with Crippen LogP contribution in [0.2, 0.25) is 0 Å². The number of nitrogens with zero attached hydrogens (tertiary/aromatic N) is 5. The SMILES string of the molecule is CC(=O)N1CCN(C(=O)c2ccc(CSc3nc(-c4ccccc4)cc(N4CCOCC4)n3)cc2)CC1. The topological polar surface area (TPSA) is 78.9 Å². The molecule has 9 heteroatoms. The molecule has 0 saturated carbocycles. The number of aromatic nitrogens is 2. The molecule has 0 unspecified atom stereocenters. The number of anilines is 1. The minimum absolute atomic E-state index is 0.0106. The largest absolute Gasteiger partial charge is 0.378 e. The Kier molecular flexibility index (Phi) is 8.01. The van der Waals surface area contributed by atoms with Crippen LogP contribution >= 0.6 is 11.8 Å². The molecule has 0 N–H and O–H groups in total. The van der Waals surface area contributed by atoms with E-state index in [1.165, 1.54) is 0 Å². The van der Waals surface area contributed by atoms with E-state index in [2.05, 4.69) is 23.1 Å².